The molecule has 3 aromatic rings. The molecule has 39 heavy (non-hydrogen) atoms. The molecule has 3 amide bonds. The van der Waals surface area contributed by atoms with Crippen LogP contribution >= 0.6 is 0 Å². The number of piperidine rings is 1. The predicted molar refractivity (Wildman–Crippen MR) is 142 cm³/mol. The summed E-state index contributed by atoms with van der Waals surface area (Å²) in [5.41, 5.74) is 12.5. The fourth-order valence-electron chi connectivity index (χ4n) is 4.43. The summed E-state index contributed by atoms with van der Waals surface area (Å²) in [5, 5.41) is 11.5. The number of ether oxygens (including phenoxy) is 2. The molecule has 1 aromatic carbocycles. The molecule has 2 atom stereocenters. The van der Waals surface area contributed by atoms with Crippen LogP contribution in [-0.4, -0.2) is 62.1 Å². The van der Waals surface area contributed by atoms with E-state index in [1.165, 1.54) is 4.90 Å². The van der Waals surface area contributed by atoms with Gasteiger partial charge in [0.15, 0.2) is 11.5 Å². The lowest BCUT2D eigenvalue weighted by Gasteiger charge is -2.32. The highest BCUT2D eigenvalue weighted by Crippen LogP contribution is 2.21. The van der Waals surface area contributed by atoms with Gasteiger partial charge in [-0.2, -0.15) is 0 Å². The predicted octanol–water partition coefficient (Wildman–Crippen LogP) is 1.82. The fourth-order valence-corrected chi connectivity index (χ4v) is 4.43. The molecule has 12 heteroatoms. The van der Waals surface area contributed by atoms with E-state index in [1.54, 1.807) is 36.4 Å². The zero-order valence-corrected chi connectivity index (χ0v) is 22.2. The summed E-state index contributed by atoms with van der Waals surface area (Å²) in [5.74, 6) is -0.541. The number of amides is 3. The van der Waals surface area contributed by atoms with Gasteiger partial charge in [-0.25, -0.2) is 4.79 Å². The van der Waals surface area contributed by atoms with E-state index in [2.05, 4.69) is 15.5 Å². The van der Waals surface area contributed by atoms with Crippen LogP contribution in [0.1, 0.15) is 56.2 Å². The molecule has 0 bridgehead atoms. The van der Waals surface area contributed by atoms with Crippen LogP contribution in [0, 0.1) is 0 Å². The lowest BCUT2D eigenvalue weighted by atomic mass is 10.0. The summed E-state index contributed by atoms with van der Waals surface area (Å²) < 4.78 is 13.3. The number of primary amides is 1. The first-order valence-electron chi connectivity index (χ1n) is 12.9. The number of nitrogens with two attached hydrogens (primary N) is 2. The van der Waals surface area contributed by atoms with E-state index >= 15 is 0 Å². The molecule has 5 N–H and O–H groups in total. The molecule has 1 fully saturated rings. The number of hydrogen-bond donors (Lipinski definition) is 3. The second-order valence-corrected chi connectivity index (χ2v) is 10.2. The van der Waals surface area contributed by atoms with Gasteiger partial charge in [-0.1, -0.05) is 36.4 Å². The van der Waals surface area contributed by atoms with Crippen molar-refractivity contribution in [3.8, 4) is 0 Å². The molecule has 0 saturated carbocycles. The topological polar surface area (TPSA) is 167 Å². The summed E-state index contributed by atoms with van der Waals surface area (Å²) in [6, 6.07) is 13.6. The smallest absolute Gasteiger partial charge is 0.410 e. The molecule has 0 unspecified atom stereocenters. The van der Waals surface area contributed by atoms with Crippen molar-refractivity contribution in [1.82, 2.24) is 24.8 Å². The number of likely N-dealkylation sites (tertiary alicyclic amines) is 1. The van der Waals surface area contributed by atoms with Gasteiger partial charge in [0.25, 0.3) is 0 Å². The van der Waals surface area contributed by atoms with Crippen molar-refractivity contribution in [3.63, 3.8) is 0 Å². The Labute approximate surface area is 226 Å². The molecule has 3 heterocycles. The molecule has 4 rings (SSSR count). The summed E-state index contributed by atoms with van der Waals surface area (Å²) in [7, 11) is 0. The Hall–Kier alpha value is -4.03. The quantitative estimate of drug-likeness (QED) is 0.352. The Kier molecular flexibility index (Phi) is 8.77. The maximum absolute atomic E-state index is 12.9. The zero-order chi connectivity index (χ0) is 28.0. The molecule has 12 nitrogen and oxygen atoms in total. The van der Waals surface area contributed by atoms with Gasteiger partial charge in [0.1, 0.15) is 18.7 Å². The number of fused-ring (bicyclic) bond motifs is 1. The number of rotatable bonds is 10. The normalized spacial score (nSPS) is 16.6. The molecule has 1 aliphatic heterocycles. The van der Waals surface area contributed by atoms with Crippen LogP contribution in [0.15, 0.2) is 48.5 Å². The lowest BCUT2D eigenvalue weighted by molar-refractivity contribution is -0.126. The third-order valence-electron chi connectivity index (χ3n) is 6.54. The first kappa shape index (κ1) is 28.0. The van der Waals surface area contributed by atoms with Gasteiger partial charge in [-0.15, -0.1) is 10.2 Å². The van der Waals surface area contributed by atoms with Gasteiger partial charge in [-0.3, -0.25) is 18.9 Å². The van der Waals surface area contributed by atoms with E-state index in [0.29, 0.717) is 36.7 Å². The first-order valence-corrected chi connectivity index (χ1v) is 12.9. The van der Waals surface area contributed by atoms with Gasteiger partial charge < -0.3 is 26.3 Å². The Morgan fingerprint density at radius 3 is 2.56 bits per heavy atom. The lowest BCUT2D eigenvalue weighted by Crippen LogP contribution is -2.51. The monoisotopic (exact) mass is 537 g/mol. The van der Waals surface area contributed by atoms with Gasteiger partial charge in [0.2, 0.25) is 11.8 Å². The highest BCUT2D eigenvalue weighted by molar-refractivity contribution is 5.85. The van der Waals surface area contributed by atoms with Crippen molar-refractivity contribution in [2.45, 2.75) is 63.9 Å². The number of nitrogens with zero attached hydrogens (tertiary/aromatic N) is 4. The maximum atomic E-state index is 12.9. The van der Waals surface area contributed by atoms with Crippen molar-refractivity contribution in [1.29, 1.82) is 0 Å². The van der Waals surface area contributed by atoms with Gasteiger partial charge in [0.05, 0.1) is 24.4 Å². The number of carbonyl (C=O) groups excluding carboxylic acids is 3. The van der Waals surface area contributed by atoms with E-state index < -0.39 is 29.6 Å². The summed E-state index contributed by atoms with van der Waals surface area (Å²) in [4.78, 5) is 38.9. The molecular formula is C27H35N7O5. The average molecular weight is 538 g/mol. The summed E-state index contributed by atoms with van der Waals surface area (Å²) in [6.07, 6.45) is 1.48. The number of pyridine rings is 1. The number of aromatic nitrogens is 3. The van der Waals surface area contributed by atoms with Crippen LogP contribution in [0.25, 0.3) is 5.65 Å². The highest BCUT2D eigenvalue weighted by Gasteiger charge is 2.32. The summed E-state index contributed by atoms with van der Waals surface area (Å²) in [6.45, 7) is 3.93. The Morgan fingerprint density at radius 2 is 1.85 bits per heavy atom. The third-order valence-corrected chi connectivity index (χ3v) is 6.54. The average Bonchev–Trinajstić information content (AvgIpc) is 3.36. The second kappa shape index (κ2) is 12.2. The number of carbonyl (C=O) groups is 3. The minimum absolute atomic E-state index is 0.0969. The van der Waals surface area contributed by atoms with Crippen LogP contribution in [0.3, 0.4) is 0 Å². The molecular weight excluding hydrogens is 502 g/mol. The maximum Gasteiger partial charge on any atom is 0.410 e. The Morgan fingerprint density at radius 1 is 1.08 bits per heavy atom. The minimum atomic E-state index is -1.14. The Balaban J connectivity index is 1.56. The molecule has 0 radical (unpaired) electrons. The summed E-state index contributed by atoms with van der Waals surface area (Å²) >= 11 is 0. The molecule has 0 spiro atoms. The SMILES string of the molecule is CC(C)(N)C(=O)N[C@H](COCc1ccccc1)c1nnc2cccc(COC(=O)N3CCCC[C@@H]3C(N)=O)n12. The van der Waals surface area contributed by atoms with Gasteiger partial charge in [0, 0.05) is 6.54 Å². The molecule has 2 aromatic heterocycles. The number of benzene rings is 1. The van der Waals surface area contributed by atoms with Crippen LogP contribution in [-0.2, 0) is 32.3 Å². The van der Waals surface area contributed by atoms with E-state index in [-0.39, 0.29) is 19.1 Å². The van der Waals surface area contributed by atoms with Crippen LogP contribution < -0.4 is 16.8 Å². The molecule has 1 saturated heterocycles. The largest absolute Gasteiger partial charge is 0.443 e. The van der Waals surface area contributed by atoms with E-state index in [9.17, 15) is 14.4 Å². The minimum Gasteiger partial charge on any atom is -0.443 e. The van der Waals surface area contributed by atoms with Crippen molar-refractivity contribution in [3.05, 3.63) is 65.6 Å². The third kappa shape index (κ3) is 6.89. The molecule has 1 aliphatic rings. The first-order chi connectivity index (χ1) is 18.6. The Bertz CT molecular complexity index is 1300. The number of nitrogens with one attached hydrogen (secondary N) is 1. The van der Waals surface area contributed by atoms with Crippen LogP contribution in [0.2, 0.25) is 0 Å². The molecule has 208 valence electrons. The van der Waals surface area contributed by atoms with E-state index in [0.717, 1.165) is 18.4 Å². The standard InChI is InChI=1S/C27H35N7O5/c1-27(2,29)25(36)30-20(17-38-15-18-9-4-3-5-10-18)24-32-31-22-13-8-11-19(34(22)24)16-39-26(37)33-14-7-6-12-21(33)23(28)35/h3-5,8-11,13,20-21H,6-7,12,14-17,29H2,1-2H3,(H2,28,35)(H,30,36)/t20-,21-/m1/s1. The van der Waals surface area contributed by atoms with Crippen molar-refractivity contribution < 1.29 is 23.9 Å². The highest BCUT2D eigenvalue weighted by atomic mass is 16.6. The van der Waals surface area contributed by atoms with Crippen LogP contribution in [0.4, 0.5) is 4.79 Å². The van der Waals surface area contributed by atoms with Crippen molar-refractivity contribution >= 4 is 23.6 Å². The van der Waals surface area contributed by atoms with Gasteiger partial charge in [-0.05, 0) is 50.8 Å². The molecule has 0 aliphatic carbocycles. The van der Waals surface area contributed by atoms with Gasteiger partial charge >= 0.3 is 6.09 Å². The van der Waals surface area contributed by atoms with E-state index in [4.69, 9.17) is 20.9 Å². The number of hydrogen-bond acceptors (Lipinski definition) is 8. The van der Waals surface area contributed by atoms with Crippen molar-refractivity contribution in [2.24, 2.45) is 11.5 Å². The van der Waals surface area contributed by atoms with Crippen LogP contribution in [0.5, 0.6) is 0 Å². The second-order valence-electron chi connectivity index (χ2n) is 10.2. The zero-order valence-electron chi connectivity index (χ0n) is 22.2. The van der Waals surface area contributed by atoms with E-state index in [1.807, 2.05) is 30.3 Å². The van der Waals surface area contributed by atoms with Crippen molar-refractivity contribution in [2.75, 3.05) is 13.2 Å². The fraction of sp³-hybridized carbons (Fsp3) is 0.444.